The molecule has 1 aromatic heterocycles. The lowest BCUT2D eigenvalue weighted by molar-refractivity contribution is 0.414. The van der Waals surface area contributed by atoms with Crippen LogP contribution in [0.15, 0.2) is 84.0 Å². The van der Waals surface area contributed by atoms with Gasteiger partial charge in [0.1, 0.15) is 10.8 Å². The van der Waals surface area contributed by atoms with Crippen LogP contribution in [0.25, 0.3) is 10.2 Å². The van der Waals surface area contributed by atoms with Crippen molar-refractivity contribution in [3.8, 4) is 5.75 Å². The molecule has 4 aromatic rings. The largest absolute Gasteiger partial charge is 0.497 e. The van der Waals surface area contributed by atoms with Crippen molar-refractivity contribution in [1.29, 1.82) is 0 Å². The molecule has 0 N–H and O–H groups in total. The maximum Gasteiger partial charge on any atom is 0.140 e. The molecule has 0 saturated heterocycles. The Morgan fingerprint density at radius 1 is 0.929 bits per heavy atom. The van der Waals surface area contributed by atoms with Crippen molar-refractivity contribution in [3.63, 3.8) is 0 Å². The molecule has 0 bridgehead atoms. The fourth-order valence-corrected chi connectivity index (χ4v) is 4.50. The Hall–Kier alpha value is -3.18. The SMILES string of the molecule is COc1ccc(C2CC(c3nc4ccccc4s3)=NN2c2ccccc2)cc1. The highest BCUT2D eigenvalue weighted by Crippen LogP contribution is 2.38. The Morgan fingerprint density at radius 2 is 1.68 bits per heavy atom. The van der Waals surface area contributed by atoms with Gasteiger partial charge in [-0.25, -0.2) is 4.98 Å². The summed E-state index contributed by atoms with van der Waals surface area (Å²) in [5, 5.41) is 8.10. The number of aromatic nitrogens is 1. The van der Waals surface area contributed by atoms with Crippen LogP contribution in [-0.4, -0.2) is 17.8 Å². The van der Waals surface area contributed by atoms with Gasteiger partial charge < -0.3 is 4.74 Å². The summed E-state index contributed by atoms with van der Waals surface area (Å²) in [6.45, 7) is 0. The first-order valence-corrected chi connectivity index (χ1v) is 10.0. The zero-order chi connectivity index (χ0) is 18.9. The van der Waals surface area contributed by atoms with E-state index < -0.39 is 0 Å². The molecule has 1 aliphatic rings. The quantitative estimate of drug-likeness (QED) is 0.455. The van der Waals surface area contributed by atoms with E-state index in [0.29, 0.717) is 0 Å². The highest BCUT2D eigenvalue weighted by atomic mass is 32.1. The van der Waals surface area contributed by atoms with Gasteiger partial charge in [0, 0.05) is 6.42 Å². The Labute approximate surface area is 167 Å². The second-order valence-electron chi connectivity index (χ2n) is 6.71. The van der Waals surface area contributed by atoms with Crippen molar-refractivity contribution >= 4 is 33.0 Å². The molecule has 0 saturated carbocycles. The van der Waals surface area contributed by atoms with Crippen LogP contribution in [0.1, 0.15) is 23.0 Å². The number of para-hydroxylation sites is 2. The van der Waals surface area contributed by atoms with Gasteiger partial charge >= 0.3 is 0 Å². The minimum Gasteiger partial charge on any atom is -0.497 e. The predicted octanol–water partition coefficient (Wildman–Crippen LogP) is 5.66. The number of nitrogens with zero attached hydrogens (tertiary/aromatic N) is 3. The Kier molecular flexibility index (Phi) is 4.29. The van der Waals surface area contributed by atoms with Crippen molar-refractivity contribution in [2.24, 2.45) is 5.10 Å². The molecule has 28 heavy (non-hydrogen) atoms. The molecule has 5 heteroatoms. The Balaban J connectivity index is 1.55. The molecule has 0 aliphatic carbocycles. The maximum atomic E-state index is 5.32. The van der Waals surface area contributed by atoms with E-state index >= 15 is 0 Å². The molecule has 0 amide bonds. The number of hydrogen-bond donors (Lipinski definition) is 0. The molecule has 0 spiro atoms. The van der Waals surface area contributed by atoms with E-state index in [4.69, 9.17) is 14.8 Å². The number of thiazole rings is 1. The monoisotopic (exact) mass is 385 g/mol. The highest BCUT2D eigenvalue weighted by molar-refractivity contribution is 7.20. The van der Waals surface area contributed by atoms with Crippen LogP contribution in [0.3, 0.4) is 0 Å². The summed E-state index contributed by atoms with van der Waals surface area (Å²) in [5.74, 6) is 0.861. The normalized spacial score (nSPS) is 16.4. The Bertz CT molecular complexity index is 1100. The van der Waals surface area contributed by atoms with Crippen LogP contribution in [0.4, 0.5) is 5.69 Å². The standard InChI is InChI=1S/C23H19N3OS/c1-27-18-13-11-16(12-14-18)21-15-20(25-26(21)17-7-3-2-4-8-17)23-24-19-9-5-6-10-22(19)28-23/h2-14,21H,15H2,1H3. The van der Waals surface area contributed by atoms with Gasteiger partial charge in [-0.1, -0.05) is 42.5 Å². The van der Waals surface area contributed by atoms with Gasteiger partial charge in [0.15, 0.2) is 0 Å². The van der Waals surface area contributed by atoms with Gasteiger partial charge in [-0.2, -0.15) is 5.10 Å². The summed E-state index contributed by atoms with van der Waals surface area (Å²) in [4.78, 5) is 4.82. The lowest BCUT2D eigenvalue weighted by atomic mass is 10.0. The number of benzene rings is 3. The van der Waals surface area contributed by atoms with E-state index in [-0.39, 0.29) is 6.04 Å². The summed E-state index contributed by atoms with van der Waals surface area (Å²) >= 11 is 1.71. The average Bonchev–Trinajstić information content (AvgIpc) is 3.39. The fraction of sp³-hybridized carbons (Fsp3) is 0.130. The van der Waals surface area contributed by atoms with Crippen molar-refractivity contribution in [3.05, 3.63) is 89.4 Å². The molecular formula is C23H19N3OS. The zero-order valence-corrected chi connectivity index (χ0v) is 16.3. The van der Waals surface area contributed by atoms with E-state index in [0.717, 1.165) is 34.1 Å². The van der Waals surface area contributed by atoms with Crippen molar-refractivity contribution < 1.29 is 4.74 Å². The van der Waals surface area contributed by atoms with Gasteiger partial charge in [0.2, 0.25) is 0 Å². The van der Waals surface area contributed by atoms with E-state index in [1.807, 2.05) is 36.4 Å². The minimum absolute atomic E-state index is 0.135. The summed E-state index contributed by atoms with van der Waals surface area (Å²) in [5.41, 5.74) is 4.36. The molecule has 2 heterocycles. The molecule has 0 radical (unpaired) electrons. The molecular weight excluding hydrogens is 366 g/mol. The predicted molar refractivity (Wildman–Crippen MR) is 115 cm³/mol. The smallest absolute Gasteiger partial charge is 0.140 e. The van der Waals surface area contributed by atoms with Crippen LogP contribution >= 0.6 is 11.3 Å². The van der Waals surface area contributed by atoms with E-state index in [1.54, 1.807) is 18.4 Å². The molecule has 1 unspecified atom stereocenters. The highest BCUT2D eigenvalue weighted by Gasteiger charge is 2.31. The molecule has 1 atom stereocenters. The van der Waals surface area contributed by atoms with E-state index in [9.17, 15) is 0 Å². The Morgan fingerprint density at radius 3 is 2.43 bits per heavy atom. The fourth-order valence-electron chi connectivity index (χ4n) is 3.54. The van der Waals surface area contributed by atoms with Crippen LogP contribution in [-0.2, 0) is 0 Å². The maximum absolute atomic E-state index is 5.32. The van der Waals surface area contributed by atoms with Crippen molar-refractivity contribution in [1.82, 2.24) is 4.98 Å². The zero-order valence-electron chi connectivity index (χ0n) is 15.4. The number of fused-ring (bicyclic) bond motifs is 1. The summed E-state index contributed by atoms with van der Waals surface area (Å²) in [6, 6.07) is 27.0. The summed E-state index contributed by atoms with van der Waals surface area (Å²) in [6.07, 6.45) is 0.820. The molecule has 138 valence electrons. The number of rotatable bonds is 4. The van der Waals surface area contributed by atoms with Gasteiger partial charge in [-0.3, -0.25) is 5.01 Å². The first-order valence-electron chi connectivity index (χ1n) is 9.23. The first-order chi connectivity index (χ1) is 13.8. The van der Waals surface area contributed by atoms with Crippen LogP contribution in [0, 0.1) is 0 Å². The third-order valence-electron chi connectivity index (χ3n) is 4.97. The molecule has 0 fully saturated rings. The average molecular weight is 385 g/mol. The molecule has 4 nitrogen and oxygen atoms in total. The molecule has 1 aliphatic heterocycles. The third-order valence-corrected chi connectivity index (χ3v) is 6.06. The van der Waals surface area contributed by atoms with Crippen LogP contribution in [0.5, 0.6) is 5.75 Å². The van der Waals surface area contributed by atoms with Crippen LogP contribution in [0.2, 0.25) is 0 Å². The van der Waals surface area contributed by atoms with E-state index in [2.05, 4.69) is 47.5 Å². The van der Waals surface area contributed by atoms with Gasteiger partial charge in [-0.05, 0) is 42.0 Å². The first kappa shape index (κ1) is 17.0. The van der Waals surface area contributed by atoms with Crippen molar-refractivity contribution in [2.75, 3.05) is 12.1 Å². The second kappa shape index (κ2) is 7.09. The number of methoxy groups -OCH3 is 1. The lowest BCUT2D eigenvalue weighted by Gasteiger charge is -2.24. The minimum atomic E-state index is 0.135. The van der Waals surface area contributed by atoms with Gasteiger partial charge in [-0.15, -0.1) is 11.3 Å². The molecule has 5 rings (SSSR count). The number of anilines is 1. The van der Waals surface area contributed by atoms with Crippen LogP contribution < -0.4 is 9.75 Å². The number of ether oxygens (including phenoxy) is 1. The third kappa shape index (κ3) is 3.04. The van der Waals surface area contributed by atoms with Gasteiger partial charge in [0.05, 0.1) is 34.8 Å². The lowest BCUT2D eigenvalue weighted by Crippen LogP contribution is -2.18. The topological polar surface area (TPSA) is 37.7 Å². The number of hydrazone groups is 1. The molecule has 3 aromatic carbocycles. The van der Waals surface area contributed by atoms with Gasteiger partial charge in [0.25, 0.3) is 0 Å². The summed E-state index contributed by atoms with van der Waals surface area (Å²) < 4.78 is 6.51. The van der Waals surface area contributed by atoms with E-state index in [1.165, 1.54) is 10.3 Å². The second-order valence-corrected chi connectivity index (χ2v) is 7.74. The summed E-state index contributed by atoms with van der Waals surface area (Å²) in [7, 11) is 1.69. The van der Waals surface area contributed by atoms with Crippen molar-refractivity contribution in [2.45, 2.75) is 12.5 Å². The number of hydrogen-bond acceptors (Lipinski definition) is 5.